The minimum absolute atomic E-state index is 0.161. The Morgan fingerprint density at radius 3 is 2.58 bits per heavy atom. The number of anilines is 1. The molecular weight excluding hydrogens is 414 g/mol. The fraction of sp³-hybridized carbons (Fsp3) is 0.704. The van der Waals surface area contributed by atoms with Gasteiger partial charge in [-0.3, -0.25) is 14.5 Å². The third kappa shape index (κ3) is 5.78. The summed E-state index contributed by atoms with van der Waals surface area (Å²) in [6.07, 6.45) is 8.72. The molecule has 3 aliphatic heterocycles. The Morgan fingerprint density at radius 1 is 1.00 bits per heavy atom. The molecule has 33 heavy (non-hydrogen) atoms. The third-order valence-electron chi connectivity index (χ3n) is 7.80. The second-order valence-electron chi connectivity index (χ2n) is 9.83. The van der Waals surface area contributed by atoms with Gasteiger partial charge in [0.05, 0.1) is 6.10 Å². The van der Waals surface area contributed by atoms with Gasteiger partial charge in [-0.15, -0.1) is 0 Å². The molecule has 3 atom stereocenters. The van der Waals surface area contributed by atoms with Crippen LogP contribution in [-0.4, -0.2) is 66.0 Å². The fourth-order valence-electron chi connectivity index (χ4n) is 6.03. The molecule has 6 heteroatoms. The van der Waals surface area contributed by atoms with Gasteiger partial charge < -0.3 is 14.5 Å². The molecule has 1 aromatic rings. The summed E-state index contributed by atoms with van der Waals surface area (Å²) in [4.78, 5) is 33.2. The molecule has 2 fully saturated rings. The molecule has 6 nitrogen and oxygen atoms in total. The molecular formula is C27H41N3O3. The maximum absolute atomic E-state index is 13.5. The number of hydrogen-bond donors (Lipinski definition) is 0. The van der Waals surface area contributed by atoms with Gasteiger partial charge in [-0.2, -0.15) is 0 Å². The van der Waals surface area contributed by atoms with E-state index in [1.165, 1.54) is 12.8 Å². The Bertz CT molecular complexity index is 808. The Balaban J connectivity index is 1.63. The van der Waals surface area contributed by atoms with Crippen LogP contribution in [0.1, 0.15) is 77.2 Å². The van der Waals surface area contributed by atoms with Crippen LogP contribution in [0, 0.1) is 0 Å². The van der Waals surface area contributed by atoms with Gasteiger partial charge in [-0.1, -0.05) is 38.5 Å². The van der Waals surface area contributed by atoms with Crippen LogP contribution in [-0.2, 0) is 20.9 Å². The molecule has 2 saturated heterocycles. The molecule has 0 aliphatic carbocycles. The smallest absolute Gasteiger partial charge is 0.226 e. The zero-order valence-corrected chi connectivity index (χ0v) is 20.5. The fourth-order valence-corrected chi connectivity index (χ4v) is 6.03. The van der Waals surface area contributed by atoms with Crippen molar-refractivity contribution < 1.29 is 14.3 Å². The quantitative estimate of drug-likeness (QED) is 0.662. The molecule has 0 N–H and O–H groups in total. The predicted octanol–water partition coefficient (Wildman–Crippen LogP) is 4.36. The van der Waals surface area contributed by atoms with Crippen LogP contribution in [0.25, 0.3) is 0 Å². The number of nitrogens with zero attached hydrogens (tertiary/aromatic N) is 3. The minimum Gasteiger partial charge on any atom is -0.378 e. The second-order valence-corrected chi connectivity index (χ2v) is 9.83. The van der Waals surface area contributed by atoms with Gasteiger partial charge >= 0.3 is 0 Å². The van der Waals surface area contributed by atoms with E-state index in [1.54, 1.807) is 0 Å². The van der Waals surface area contributed by atoms with E-state index in [4.69, 9.17) is 4.74 Å². The first-order valence-corrected chi connectivity index (χ1v) is 13.1. The predicted molar refractivity (Wildman–Crippen MR) is 131 cm³/mol. The summed E-state index contributed by atoms with van der Waals surface area (Å²) in [5.41, 5.74) is 2.05. The SMILES string of the molecule is CCC(=O)N1CCC2CCCC(CN(C(=O)CCC3CCCO3)Cc3ccccc31)N2CC. The van der Waals surface area contributed by atoms with Gasteiger partial charge in [-0.25, -0.2) is 0 Å². The van der Waals surface area contributed by atoms with Crippen LogP contribution in [0.4, 0.5) is 5.69 Å². The summed E-state index contributed by atoms with van der Waals surface area (Å²) in [6.45, 7) is 8.06. The highest BCUT2D eigenvalue weighted by molar-refractivity contribution is 5.94. The van der Waals surface area contributed by atoms with Crippen molar-refractivity contribution >= 4 is 17.5 Å². The van der Waals surface area contributed by atoms with Gasteiger partial charge in [0.1, 0.15) is 0 Å². The zero-order chi connectivity index (χ0) is 23.2. The van der Waals surface area contributed by atoms with E-state index in [2.05, 4.69) is 28.9 Å². The maximum Gasteiger partial charge on any atom is 0.226 e. The lowest BCUT2D eigenvalue weighted by Gasteiger charge is -2.43. The van der Waals surface area contributed by atoms with Crippen LogP contribution >= 0.6 is 0 Å². The summed E-state index contributed by atoms with van der Waals surface area (Å²) in [6, 6.07) is 9.04. The van der Waals surface area contributed by atoms with Crippen LogP contribution in [0.5, 0.6) is 0 Å². The van der Waals surface area contributed by atoms with E-state index in [0.29, 0.717) is 31.5 Å². The Morgan fingerprint density at radius 2 is 1.82 bits per heavy atom. The molecule has 0 aromatic heterocycles. The first kappa shape index (κ1) is 24.2. The van der Waals surface area contributed by atoms with Crippen molar-refractivity contribution in [1.29, 1.82) is 0 Å². The van der Waals surface area contributed by atoms with Crippen molar-refractivity contribution in [2.75, 3.05) is 31.1 Å². The second kappa shape index (κ2) is 11.5. The molecule has 182 valence electrons. The zero-order valence-electron chi connectivity index (χ0n) is 20.5. The molecule has 2 amide bonds. The van der Waals surface area contributed by atoms with Crippen molar-refractivity contribution in [3.05, 3.63) is 29.8 Å². The Hall–Kier alpha value is -1.92. The number of carbonyl (C=O) groups is 2. The monoisotopic (exact) mass is 455 g/mol. The topological polar surface area (TPSA) is 53.1 Å². The molecule has 0 radical (unpaired) electrons. The number of hydrogen-bond acceptors (Lipinski definition) is 4. The lowest BCUT2D eigenvalue weighted by atomic mass is 9.93. The van der Waals surface area contributed by atoms with Gasteiger partial charge in [0, 0.05) is 56.9 Å². The molecule has 4 rings (SSSR count). The number of rotatable bonds is 5. The maximum atomic E-state index is 13.5. The van der Waals surface area contributed by atoms with E-state index in [0.717, 1.165) is 69.6 Å². The van der Waals surface area contributed by atoms with Crippen LogP contribution in [0.2, 0.25) is 0 Å². The van der Waals surface area contributed by atoms with Crippen molar-refractivity contribution in [3.8, 4) is 0 Å². The number of para-hydroxylation sites is 1. The summed E-state index contributed by atoms with van der Waals surface area (Å²) in [7, 11) is 0. The minimum atomic E-state index is 0.161. The van der Waals surface area contributed by atoms with Crippen LogP contribution in [0.3, 0.4) is 0 Å². The highest BCUT2D eigenvalue weighted by Gasteiger charge is 2.34. The van der Waals surface area contributed by atoms with E-state index in [1.807, 2.05) is 24.0 Å². The molecule has 0 saturated carbocycles. The van der Waals surface area contributed by atoms with E-state index in [-0.39, 0.29) is 17.9 Å². The first-order chi connectivity index (χ1) is 16.1. The third-order valence-corrected chi connectivity index (χ3v) is 7.80. The van der Waals surface area contributed by atoms with Gasteiger partial charge in [0.2, 0.25) is 11.8 Å². The number of benzene rings is 1. The number of piperidine rings is 1. The highest BCUT2D eigenvalue weighted by atomic mass is 16.5. The van der Waals surface area contributed by atoms with Crippen molar-refractivity contribution in [1.82, 2.24) is 9.80 Å². The number of fused-ring (bicyclic) bond motifs is 3. The Labute approximate surface area is 199 Å². The molecule has 2 bridgehead atoms. The van der Waals surface area contributed by atoms with E-state index < -0.39 is 0 Å². The van der Waals surface area contributed by atoms with Crippen molar-refractivity contribution in [3.63, 3.8) is 0 Å². The molecule has 3 heterocycles. The largest absolute Gasteiger partial charge is 0.378 e. The molecule has 0 spiro atoms. The normalized spacial score (nSPS) is 26.5. The van der Waals surface area contributed by atoms with E-state index in [9.17, 15) is 9.59 Å². The van der Waals surface area contributed by atoms with Crippen molar-refractivity contribution in [2.24, 2.45) is 0 Å². The summed E-state index contributed by atoms with van der Waals surface area (Å²) in [5.74, 6) is 0.374. The number of ether oxygens (including phenoxy) is 1. The van der Waals surface area contributed by atoms with Crippen LogP contribution < -0.4 is 4.90 Å². The molecule has 3 unspecified atom stereocenters. The average Bonchev–Trinajstić information content (AvgIpc) is 3.36. The standard InChI is InChI=1S/C27H41N3O3/c1-3-26(31)30-17-16-22-10-7-11-23(29(22)4-2)20-28(19-21-9-5-6-13-25(21)30)27(32)15-14-24-12-8-18-33-24/h5-6,9,13,22-24H,3-4,7-8,10-12,14-20H2,1-2H3. The van der Waals surface area contributed by atoms with Crippen molar-refractivity contribution in [2.45, 2.75) is 96.4 Å². The molecule has 1 aromatic carbocycles. The summed E-state index contributed by atoms with van der Waals surface area (Å²) in [5, 5.41) is 0. The average molecular weight is 456 g/mol. The summed E-state index contributed by atoms with van der Waals surface area (Å²) >= 11 is 0. The lowest BCUT2D eigenvalue weighted by molar-refractivity contribution is -0.133. The number of likely N-dealkylation sites (N-methyl/N-ethyl adjacent to an activating group) is 1. The Kier molecular flexibility index (Phi) is 8.42. The van der Waals surface area contributed by atoms with Crippen LogP contribution in [0.15, 0.2) is 24.3 Å². The van der Waals surface area contributed by atoms with Gasteiger partial charge in [0.25, 0.3) is 0 Å². The first-order valence-electron chi connectivity index (χ1n) is 13.1. The molecule has 3 aliphatic rings. The highest BCUT2D eigenvalue weighted by Crippen LogP contribution is 2.31. The summed E-state index contributed by atoms with van der Waals surface area (Å²) < 4.78 is 5.77. The van der Waals surface area contributed by atoms with Gasteiger partial charge in [-0.05, 0) is 56.7 Å². The number of amides is 2. The van der Waals surface area contributed by atoms with Gasteiger partial charge in [0.15, 0.2) is 0 Å². The number of carbonyl (C=O) groups excluding carboxylic acids is 2. The van der Waals surface area contributed by atoms with E-state index >= 15 is 0 Å². The lowest BCUT2D eigenvalue weighted by Crippen LogP contribution is -2.52.